The summed E-state index contributed by atoms with van der Waals surface area (Å²) in [5, 5.41) is 4.99. The Morgan fingerprint density at radius 2 is 1.62 bits per heavy atom. The van der Waals surface area contributed by atoms with E-state index in [1.54, 1.807) is 37.3 Å². The van der Waals surface area contributed by atoms with Gasteiger partial charge < -0.3 is 0 Å². The number of hydrogen-bond acceptors (Lipinski definition) is 5. The van der Waals surface area contributed by atoms with E-state index >= 15 is 0 Å². The first-order chi connectivity index (χ1) is 16.2. The summed E-state index contributed by atoms with van der Waals surface area (Å²) in [5.41, 5.74) is 8.40. The summed E-state index contributed by atoms with van der Waals surface area (Å²) in [5.74, 6) is -0.346. The second kappa shape index (κ2) is 9.44. The highest BCUT2D eigenvalue weighted by Gasteiger charge is 2.14. The third-order valence-electron chi connectivity index (χ3n) is 5.24. The molecule has 1 amide bonds. The van der Waals surface area contributed by atoms with Gasteiger partial charge in [-0.1, -0.05) is 60.2 Å². The minimum atomic E-state index is -3.35. The fraction of sp³-hybridized carbons (Fsp3) is 0.115. The quantitative estimate of drug-likeness (QED) is 0.313. The molecule has 2 N–H and O–H groups in total. The van der Waals surface area contributed by atoms with Crippen LogP contribution in [0.15, 0.2) is 84.0 Å². The Hall–Kier alpha value is -4.04. The molecule has 0 aliphatic rings. The van der Waals surface area contributed by atoms with Crippen molar-refractivity contribution in [2.45, 2.75) is 13.8 Å². The molecule has 0 unspecified atom stereocenters. The zero-order valence-corrected chi connectivity index (χ0v) is 19.8. The van der Waals surface area contributed by atoms with Crippen LogP contribution in [0.4, 0.5) is 5.69 Å². The molecule has 3 aromatic carbocycles. The van der Waals surface area contributed by atoms with Gasteiger partial charge in [-0.2, -0.15) is 5.10 Å². The van der Waals surface area contributed by atoms with Crippen LogP contribution >= 0.6 is 0 Å². The maximum Gasteiger partial charge on any atom is 0.272 e. The number of sulfonamides is 1. The first kappa shape index (κ1) is 23.1. The van der Waals surface area contributed by atoms with Gasteiger partial charge in [0, 0.05) is 16.6 Å². The summed E-state index contributed by atoms with van der Waals surface area (Å²) in [7, 11) is -3.35. The number of pyridine rings is 1. The Labute approximate surface area is 198 Å². The minimum absolute atomic E-state index is 0.346. The normalized spacial score (nSPS) is 11.9. The number of hydrogen-bond donors (Lipinski definition) is 2. The summed E-state index contributed by atoms with van der Waals surface area (Å²) in [6.45, 7) is 3.79. The summed E-state index contributed by atoms with van der Waals surface area (Å²) in [6, 6.07) is 24.0. The average Bonchev–Trinajstić information content (AvgIpc) is 2.81. The number of carbonyl (C=O) groups is 1. The van der Waals surface area contributed by atoms with Crippen molar-refractivity contribution in [3.63, 3.8) is 0 Å². The van der Waals surface area contributed by atoms with Crippen LogP contribution in [0.5, 0.6) is 0 Å². The smallest absolute Gasteiger partial charge is 0.272 e. The summed E-state index contributed by atoms with van der Waals surface area (Å²) in [4.78, 5) is 17.9. The van der Waals surface area contributed by atoms with E-state index in [2.05, 4.69) is 15.2 Å². The molecule has 7 nitrogen and oxygen atoms in total. The fourth-order valence-corrected chi connectivity index (χ4v) is 4.05. The van der Waals surface area contributed by atoms with E-state index in [0.29, 0.717) is 22.7 Å². The maximum absolute atomic E-state index is 13.1. The number of carbonyl (C=O) groups excluding carboxylic acids is 1. The molecule has 0 saturated carbocycles. The minimum Gasteiger partial charge on any atom is -0.284 e. The van der Waals surface area contributed by atoms with Crippen molar-refractivity contribution >= 4 is 38.2 Å². The molecule has 4 aromatic rings. The molecule has 34 heavy (non-hydrogen) atoms. The van der Waals surface area contributed by atoms with Crippen LogP contribution in [0.3, 0.4) is 0 Å². The first-order valence-electron chi connectivity index (χ1n) is 10.6. The average molecular weight is 473 g/mol. The Morgan fingerprint density at radius 1 is 0.941 bits per heavy atom. The van der Waals surface area contributed by atoms with E-state index in [-0.39, 0.29) is 5.91 Å². The van der Waals surface area contributed by atoms with Crippen LogP contribution in [-0.2, 0) is 10.0 Å². The summed E-state index contributed by atoms with van der Waals surface area (Å²) in [6.07, 6.45) is 1.09. The number of para-hydroxylation sites is 1. The number of amides is 1. The predicted molar refractivity (Wildman–Crippen MR) is 137 cm³/mol. The molecular weight excluding hydrogens is 448 g/mol. The highest BCUT2D eigenvalue weighted by atomic mass is 32.2. The van der Waals surface area contributed by atoms with Crippen LogP contribution in [0.2, 0.25) is 0 Å². The lowest BCUT2D eigenvalue weighted by atomic mass is 10.0. The third-order valence-corrected chi connectivity index (χ3v) is 5.85. The van der Waals surface area contributed by atoms with Crippen LogP contribution in [0.25, 0.3) is 22.2 Å². The maximum atomic E-state index is 13.1. The van der Waals surface area contributed by atoms with Gasteiger partial charge in [-0.3, -0.25) is 9.52 Å². The van der Waals surface area contributed by atoms with Crippen molar-refractivity contribution in [3.8, 4) is 11.3 Å². The van der Waals surface area contributed by atoms with Crippen molar-refractivity contribution in [2.24, 2.45) is 5.10 Å². The van der Waals surface area contributed by atoms with Gasteiger partial charge in [0.2, 0.25) is 10.0 Å². The van der Waals surface area contributed by atoms with E-state index in [1.807, 2.05) is 55.5 Å². The molecule has 0 bridgehead atoms. The zero-order valence-electron chi connectivity index (χ0n) is 19.0. The molecule has 1 heterocycles. The Morgan fingerprint density at radius 3 is 2.29 bits per heavy atom. The molecule has 4 rings (SSSR count). The van der Waals surface area contributed by atoms with E-state index in [4.69, 9.17) is 4.98 Å². The molecule has 172 valence electrons. The number of aromatic nitrogens is 1. The topological polar surface area (TPSA) is 101 Å². The summed E-state index contributed by atoms with van der Waals surface area (Å²) < 4.78 is 25.1. The van der Waals surface area contributed by atoms with Crippen molar-refractivity contribution in [3.05, 3.63) is 95.6 Å². The monoisotopic (exact) mass is 472 g/mol. The number of benzene rings is 3. The van der Waals surface area contributed by atoms with Crippen LogP contribution in [0, 0.1) is 6.92 Å². The number of fused-ring (bicyclic) bond motifs is 1. The summed E-state index contributed by atoms with van der Waals surface area (Å²) >= 11 is 0. The first-order valence-corrected chi connectivity index (χ1v) is 12.5. The second-order valence-corrected chi connectivity index (χ2v) is 9.78. The van der Waals surface area contributed by atoms with Crippen molar-refractivity contribution in [2.75, 3.05) is 11.0 Å². The number of anilines is 1. The molecule has 0 fully saturated rings. The Balaban J connectivity index is 1.61. The van der Waals surface area contributed by atoms with Gasteiger partial charge in [0.05, 0.1) is 28.7 Å². The van der Waals surface area contributed by atoms with E-state index in [0.717, 1.165) is 33.8 Å². The Kier molecular flexibility index (Phi) is 6.43. The van der Waals surface area contributed by atoms with E-state index in [9.17, 15) is 13.2 Å². The standard InChI is InChI=1S/C26H24N4O3S/c1-17-8-10-20(11-9-17)25-16-23(22-6-4-5-7-24(22)27-25)26(31)29-28-18(2)19-12-14-21(15-13-19)30-34(3,32)33/h4-16,30H,1-3H3,(H,29,31)/b28-18+. The number of rotatable bonds is 6. The molecule has 0 spiro atoms. The van der Waals surface area contributed by atoms with E-state index < -0.39 is 10.0 Å². The SMILES string of the molecule is C/C(=N\NC(=O)c1cc(-c2ccc(C)cc2)nc2ccccc12)c1ccc(NS(C)(=O)=O)cc1. The van der Waals surface area contributed by atoms with Crippen molar-refractivity contribution in [1.82, 2.24) is 10.4 Å². The molecule has 0 saturated heterocycles. The van der Waals surface area contributed by atoms with Gasteiger partial charge in [0.1, 0.15) is 0 Å². The second-order valence-electron chi connectivity index (χ2n) is 8.03. The van der Waals surface area contributed by atoms with Gasteiger partial charge >= 0.3 is 0 Å². The lowest BCUT2D eigenvalue weighted by molar-refractivity contribution is 0.0956. The largest absolute Gasteiger partial charge is 0.284 e. The third kappa shape index (κ3) is 5.47. The molecule has 0 aliphatic heterocycles. The van der Waals surface area contributed by atoms with Crippen LogP contribution in [0.1, 0.15) is 28.4 Å². The molecule has 1 aromatic heterocycles. The number of hydrazone groups is 1. The lowest BCUT2D eigenvalue weighted by Gasteiger charge is -2.10. The van der Waals surface area contributed by atoms with Gasteiger partial charge in [-0.25, -0.2) is 18.8 Å². The van der Waals surface area contributed by atoms with Crippen LogP contribution in [-0.4, -0.2) is 31.3 Å². The number of aryl methyl sites for hydroxylation is 1. The zero-order chi connectivity index (χ0) is 24.3. The molecule has 0 aliphatic carbocycles. The molecule has 0 atom stereocenters. The number of nitrogens with zero attached hydrogens (tertiary/aromatic N) is 2. The highest BCUT2D eigenvalue weighted by molar-refractivity contribution is 7.92. The van der Waals surface area contributed by atoms with Crippen molar-refractivity contribution < 1.29 is 13.2 Å². The lowest BCUT2D eigenvalue weighted by Crippen LogP contribution is -2.20. The van der Waals surface area contributed by atoms with Gasteiger partial charge in [-0.05, 0) is 43.7 Å². The van der Waals surface area contributed by atoms with Crippen LogP contribution < -0.4 is 10.1 Å². The van der Waals surface area contributed by atoms with Gasteiger partial charge in [0.15, 0.2) is 0 Å². The van der Waals surface area contributed by atoms with Crippen molar-refractivity contribution in [1.29, 1.82) is 0 Å². The van der Waals surface area contributed by atoms with Gasteiger partial charge in [0.25, 0.3) is 5.91 Å². The number of nitrogens with one attached hydrogen (secondary N) is 2. The fourth-order valence-electron chi connectivity index (χ4n) is 3.49. The Bertz CT molecular complexity index is 1490. The molecule has 8 heteroatoms. The highest BCUT2D eigenvalue weighted by Crippen LogP contribution is 2.25. The molecular formula is C26H24N4O3S. The molecule has 0 radical (unpaired) electrons. The predicted octanol–water partition coefficient (Wildman–Crippen LogP) is 4.74. The van der Waals surface area contributed by atoms with Gasteiger partial charge in [-0.15, -0.1) is 0 Å². The van der Waals surface area contributed by atoms with E-state index in [1.165, 1.54) is 0 Å².